The van der Waals surface area contributed by atoms with Crippen LogP contribution in [0.25, 0.3) is 0 Å². The van der Waals surface area contributed by atoms with Crippen LogP contribution in [-0.2, 0) is 17.5 Å². The number of halogens is 3. The highest BCUT2D eigenvalue weighted by Gasteiger charge is 2.34. The van der Waals surface area contributed by atoms with Crippen LogP contribution in [0, 0.1) is 0 Å². The molecule has 0 unspecified atom stereocenters. The molecule has 10 heteroatoms. The molecule has 1 N–H and O–H groups in total. The zero-order chi connectivity index (χ0) is 24.2. The van der Waals surface area contributed by atoms with E-state index in [1.54, 1.807) is 17.0 Å². The van der Waals surface area contributed by atoms with Crippen molar-refractivity contribution in [3.05, 3.63) is 59.4 Å². The van der Waals surface area contributed by atoms with Gasteiger partial charge in [0.1, 0.15) is 5.60 Å². The molecule has 3 rings (SSSR count). The van der Waals surface area contributed by atoms with Crippen LogP contribution in [0.15, 0.2) is 42.6 Å². The lowest BCUT2D eigenvalue weighted by molar-refractivity contribution is -0.137. The number of nitrogens with one attached hydrogen (secondary N) is 1. The number of nitrogens with zero attached hydrogens (tertiary/aromatic N) is 3. The lowest BCUT2D eigenvalue weighted by atomic mass is 10.1. The third-order valence-electron chi connectivity index (χ3n) is 4.97. The summed E-state index contributed by atoms with van der Waals surface area (Å²) in [5, 5.41) is 2.47. The number of hydrogen-bond acceptors (Lipinski definition) is 5. The van der Waals surface area contributed by atoms with Crippen molar-refractivity contribution in [2.24, 2.45) is 0 Å². The van der Waals surface area contributed by atoms with Crippen LogP contribution in [0.5, 0.6) is 0 Å². The van der Waals surface area contributed by atoms with Gasteiger partial charge in [0.25, 0.3) is 5.91 Å². The van der Waals surface area contributed by atoms with Crippen molar-refractivity contribution in [3.8, 4) is 0 Å². The lowest BCUT2D eigenvalue weighted by Crippen LogP contribution is -2.49. The average Bonchev–Trinajstić information content (AvgIpc) is 2.74. The molecule has 2 aromatic rings. The Kier molecular flexibility index (Phi) is 7.26. The van der Waals surface area contributed by atoms with Crippen molar-refractivity contribution in [1.82, 2.24) is 14.8 Å². The van der Waals surface area contributed by atoms with Crippen LogP contribution in [0.4, 0.5) is 23.7 Å². The van der Waals surface area contributed by atoms with Crippen LogP contribution in [0.3, 0.4) is 0 Å². The summed E-state index contributed by atoms with van der Waals surface area (Å²) in [5.41, 5.74) is -0.927. The van der Waals surface area contributed by atoms with Crippen molar-refractivity contribution in [2.75, 3.05) is 31.5 Å². The van der Waals surface area contributed by atoms with Crippen LogP contribution < -0.4 is 5.32 Å². The second-order valence-corrected chi connectivity index (χ2v) is 8.78. The summed E-state index contributed by atoms with van der Waals surface area (Å²) in [5.74, 6) is -0.851. The van der Waals surface area contributed by atoms with E-state index in [0.29, 0.717) is 38.4 Å². The molecule has 0 radical (unpaired) electrons. The molecule has 178 valence electrons. The summed E-state index contributed by atoms with van der Waals surface area (Å²) >= 11 is 0. The van der Waals surface area contributed by atoms with Crippen molar-refractivity contribution < 1.29 is 27.5 Å². The third-order valence-corrected chi connectivity index (χ3v) is 4.97. The van der Waals surface area contributed by atoms with Gasteiger partial charge >= 0.3 is 12.3 Å². The number of pyridine rings is 1. The summed E-state index contributed by atoms with van der Waals surface area (Å²) in [7, 11) is 0. The molecule has 0 aliphatic carbocycles. The Morgan fingerprint density at radius 3 is 2.27 bits per heavy atom. The fourth-order valence-electron chi connectivity index (χ4n) is 3.36. The van der Waals surface area contributed by atoms with Crippen LogP contribution in [0.1, 0.15) is 42.4 Å². The normalized spacial score (nSPS) is 15.3. The molecule has 0 bridgehead atoms. The molecule has 1 aromatic carbocycles. The molecular formula is C23H27F3N4O3. The maximum absolute atomic E-state index is 13.1. The summed E-state index contributed by atoms with van der Waals surface area (Å²) in [6.45, 7) is 8.44. The van der Waals surface area contributed by atoms with Gasteiger partial charge in [-0.25, -0.2) is 4.79 Å². The van der Waals surface area contributed by atoms with Gasteiger partial charge in [0.15, 0.2) is 0 Å². The van der Waals surface area contributed by atoms with Crippen molar-refractivity contribution in [1.29, 1.82) is 0 Å². The SMILES string of the molecule is CC(C)(C)OC(=O)N1CCN(Cc2ccc(NC(=O)c3ccccc3C(F)(F)F)cn2)CC1. The summed E-state index contributed by atoms with van der Waals surface area (Å²) in [6.07, 6.45) is -3.53. The minimum absolute atomic E-state index is 0.301. The zero-order valence-corrected chi connectivity index (χ0v) is 18.8. The van der Waals surface area contributed by atoms with Gasteiger partial charge in [-0.15, -0.1) is 0 Å². The summed E-state index contributed by atoms with van der Waals surface area (Å²) in [4.78, 5) is 32.6. The minimum atomic E-state index is -4.62. The van der Waals surface area contributed by atoms with E-state index >= 15 is 0 Å². The molecule has 1 aliphatic heterocycles. The number of anilines is 1. The Morgan fingerprint density at radius 2 is 1.70 bits per heavy atom. The minimum Gasteiger partial charge on any atom is -0.444 e. The number of aromatic nitrogens is 1. The number of ether oxygens (including phenoxy) is 1. The molecule has 1 fully saturated rings. The molecule has 0 atom stereocenters. The lowest BCUT2D eigenvalue weighted by Gasteiger charge is -2.35. The van der Waals surface area contributed by atoms with E-state index < -0.39 is 28.8 Å². The molecule has 1 aromatic heterocycles. The summed E-state index contributed by atoms with van der Waals surface area (Å²) in [6, 6.07) is 7.95. The Balaban J connectivity index is 1.54. The van der Waals surface area contributed by atoms with E-state index in [4.69, 9.17) is 4.74 Å². The van der Waals surface area contributed by atoms with Gasteiger partial charge in [-0.1, -0.05) is 12.1 Å². The molecule has 2 heterocycles. The third kappa shape index (κ3) is 6.92. The summed E-state index contributed by atoms with van der Waals surface area (Å²) < 4.78 is 44.8. The second-order valence-electron chi connectivity index (χ2n) is 8.78. The number of hydrogen-bond donors (Lipinski definition) is 1. The Bertz CT molecular complexity index is 980. The number of carbonyl (C=O) groups excluding carboxylic acids is 2. The van der Waals surface area contributed by atoms with Gasteiger partial charge in [-0.2, -0.15) is 13.2 Å². The van der Waals surface area contributed by atoms with E-state index in [-0.39, 0.29) is 6.09 Å². The van der Waals surface area contributed by atoms with Crippen molar-refractivity contribution >= 4 is 17.7 Å². The topological polar surface area (TPSA) is 74.8 Å². The van der Waals surface area contributed by atoms with Crippen molar-refractivity contribution in [3.63, 3.8) is 0 Å². The highest BCUT2D eigenvalue weighted by Crippen LogP contribution is 2.32. The number of alkyl halides is 3. The van der Waals surface area contributed by atoms with Gasteiger partial charge in [-0.05, 0) is 45.0 Å². The first-order chi connectivity index (χ1) is 15.4. The monoisotopic (exact) mass is 464 g/mol. The van der Waals surface area contributed by atoms with Gasteiger partial charge in [-0.3, -0.25) is 14.7 Å². The van der Waals surface area contributed by atoms with Crippen LogP contribution in [-0.4, -0.2) is 58.6 Å². The molecule has 2 amide bonds. The number of carbonyl (C=O) groups is 2. The van der Waals surface area contributed by atoms with Gasteiger partial charge < -0.3 is 15.0 Å². The maximum atomic E-state index is 13.1. The molecule has 1 saturated heterocycles. The predicted octanol–water partition coefficient (Wildman–Crippen LogP) is 4.41. The first-order valence-electron chi connectivity index (χ1n) is 10.6. The quantitative estimate of drug-likeness (QED) is 0.726. The van der Waals surface area contributed by atoms with E-state index in [1.807, 2.05) is 20.8 Å². The van der Waals surface area contributed by atoms with Gasteiger partial charge in [0.05, 0.1) is 28.7 Å². The fourth-order valence-corrected chi connectivity index (χ4v) is 3.36. The van der Waals surface area contributed by atoms with E-state index in [0.717, 1.165) is 17.8 Å². The largest absolute Gasteiger partial charge is 0.444 e. The number of piperazine rings is 1. The highest BCUT2D eigenvalue weighted by atomic mass is 19.4. The molecular weight excluding hydrogens is 437 g/mol. The fraction of sp³-hybridized carbons (Fsp3) is 0.435. The van der Waals surface area contributed by atoms with Crippen molar-refractivity contribution in [2.45, 2.75) is 39.1 Å². The van der Waals surface area contributed by atoms with Crippen LogP contribution >= 0.6 is 0 Å². The molecule has 33 heavy (non-hydrogen) atoms. The van der Waals surface area contributed by atoms with E-state index in [1.165, 1.54) is 18.3 Å². The van der Waals surface area contributed by atoms with E-state index in [9.17, 15) is 22.8 Å². The Morgan fingerprint density at radius 1 is 1.03 bits per heavy atom. The molecule has 0 saturated carbocycles. The Hall–Kier alpha value is -3.14. The highest BCUT2D eigenvalue weighted by molar-refractivity contribution is 6.05. The zero-order valence-electron chi connectivity index (χ0n) is 18.8. The molecule has 7 nitrogen and oxygen atoms in total. The number of amides is 2. The molecule has 1 aliphatic rings. The molecule has 0 spiro atoms. The second kappa shape index (κ2) is 9.78. The number of rotatable bonds is 4. The first-order valence-corrected chi connectivity index (χ1v) is 10.6. The smallest absolute Gasteiger partial charge is 0.417 e. The number of benzene rings is 1. The van der Waals surface area contributed by atoms with E-state index in [2.05, 4.69) is 15.2 Å². The average molecular weight is 464 g/mol. The first kappa shape index (κ1) is 24.5. The Labute approximate surface area is 190 Å². The standard InChI is InChI=1S/C23H27F3N4O3/c1-22(2,3)33-21(32)30-12-10-29(11-13-30)15-17-9-8-16(14-27-17)28-20(31)18-6-4-5-7-19(18)23(24,25)26/h4-9,14H,10-13,15H2,1-3H3,(H,28,31). The van der Waals surface area contributed by atoms with Gasteiger partial charge in [0, 0.05) is 32.7 Å². The van der Waals surface area contributed by atoms with Gasteiger partial charge in [0.2, 0.25) is 0 Å². The predicted molar refractivity (Wildman–Crippen MR) is 117 cm³/mol. The van der Waals surface area contributed by atoms with Crippen LogP contribution in [0.2, 0.25) is 0 Å². The maximum Gasteiger partial charge on any atom is 0.417 e.